The molecule has 0 saturated heterocycles. The summed E-state index contributed by atoms with van der Waals surface area (Å²) in [6, 6.07) is 10.1. The zero-order chi connectivity index (χ0) is 15.1. The van der Waals surface area contributed by atoms with Crippen LogP contribution in [-0.4, -0.2) is 21.7 Å². The fourth-order valence-corrected chi connectivity index (χ4v) is 3.43. The van der Waals surface area contributed by atoms with Crippen LogP contribution in [0.5, 0.6) is 0 Å². The van der Waals surface area contributed by atoms with Crippen molar-refractivity contribution in [2.75, 3.05) is 0 Å². The van der Waals surface area contributed by atoms with Gasteiger partial charge in [0.2, 0.25) is 0 Å². The molecule has 1 fully saturated rings. The highest BCUT2D eigenvalue weighted by Gasteiger charge is 2.32. The molecule has 2 aromatic rings. The summed E-state index contributed by atoms with van der Waals surface area (Å²) < 4.78 is 1.87. The molecule has 2 atom stereocenters. The van der Waals surface area contributed by atoms with Gasteiger partial charge in [0.15, 0.2) is 0 Å². The SMILES string of the molecule is N[C@@H]1c2ccccc2C[C@H]1NC(=O)c1ccnn1C1CCC1. The molecule has 0 bridgehead atoms. The molecule has 3 N–H and O–H groups in total. The van der Waals surface area contributed by atoms with Gasteiger partial charge in [-0.2, -0.15) is 5.10 Å². The smallest absolute Gasteiger partial charge is 0.269 e. The van der Waals surface area contributed by atoms with E-state index < -0.39 is 0 Å². The maximum atomic E-state index is 12.6. The molecule has 1 aromatic heterocycles. The Kier molecular flexibility index (Phi) is 3.22. The van der Waals surface area contributed by atoms with Crippen molar-refractivity contribution in [3.63, 3.8) is 0 Å². The van der Waals surface area contributed by atoms with Gasteiger partial charge in [0, 0.05) is 6.20 Å². The number of nitrogens with zero attached hydrogens (tertiary/aromatic N) is 2. The molecule has 0 unspecified atom stereocenters. The summed E-state index contributed by atoms with van der Waals surface area (Å²) in [6.07, 6.45) is 5.93. The Morgan fingerprint density at radius 3 is 2.82 bits per heavy atom. The van der Waals surface area contributed by atoms with Crippen LogP contribution < -0.4 is 11.1 Å². The first-order valence-electron chi connectivity index (χ1n) is 7.92. The number of nitrogens with one attached hydrogen (secondary N) is 1. The summed E-state index contributed by atoms with van der Waals surface area (Å²) in [5.41, 5.74) is 9.31. The number of rotatable bonds is 3. The molecular formula is C17H20N4O. The first-order valence-corrected chi connectivity index (χ1v) is 7.92. The quantitative estimate of drug-likeness (QED) is 0.909. The van der Waals surface area contributed by atoms with Crippen molar-refractivity contribution in [2.24, 2.45) is 5.73 Å². The maximum absolute atomic E-state index is 12.6. The Labute approximate surface area is 129 Å². The molecule has 2 aliphatic rings. The molecule has 1 saturated carbocycles. The van der Waals surface area contributed by atoms with E-state index in [4.69, 9.17) is 5.73 Å². The van der Waals surface area contributed by atoms with E-state index in [0.717, 1.165) is 24.8 Å². The van der Waals surface area contributed by atoms with E-state index in [1.807, 2.05) is 22.9 Å². The lowest BCUT2D eigenvalue weighted by Crippen LogP contribution is -2.41. The molecular weight excluding hydrogens is 276 g/mol. The van der Waals surface area contributed by atoms with Gasteiger partial charge >= 0.3 is 0 Å². The number of hydrogen-bond donors (Lipinski definition) is 2. The Balaban J connectivity index is 1.50. The van der Waals surface area contributed by atoms with Gasteiger partial charge in [0.05, 0.1) is 18.1 Å². The Hall–Kier alpha value is -2.14. The van der Waals surface area contributed by atoms with Crippen LogP contribution in [0.3, 0.4) is 0 Å². The molecule has 5 heteroatoms. The maximum Gasteiger partial charge on any atom is 0.269 e. The fourth-order valence-electron chi connectivity index (χ4n) is 3.43. The Bertz CT molecular complexity index is 704. The number of nitrogens with two attached hydrogens (primary N) is 1. The zero-order valence-corrected chi connectivity index (χ0v) is 12.4. The first kappa shape index (κ1) is 13.5. The summed E-state index contributed by atoms with van der Waals surface area (Å²) in [6.45, 7) is 0. The Morgan fingerprint density at radius 1 is 1.27 bits per heavy atom. The average Bonchev–Trinajstić information content (AvgIpc) is 3.04. The Morgan fingerprint density at radius 2 is 2.09 bits per heavy atom. The second-order valence-corrected chi connectivity index (χ2v) is 6.25. The fraction of sp³-hybridized carbons (Fsp3) is 0.412. The van der Waals surface area contributed by atoms with Gasteiger partial charge < -0.3 is 11.1 Å². The third kappa shape index (κ3) is 2.13. The van der Waals surface area contributed by atoms with E-state index >= 15 is 0 Å². The van der Waals surface area contributed by atoms with Crippen LogP contribution in [0.2, 0.25) is 0 Å². The molecule has 0 radical (unpaired) electrons. The van der Waals surface area contributed by atoms with E-state index in [1.54, 1.807) is 12.3 Å². The molecule has 1 heterocycles. The topological polar surface area (TPSA) is 72.9 Å². The largest absolute Gasteiger partial charge is 0.346 e. The third-order valence-electron chi connectivity index (χ3n) is 4.93. The van der Waals surface area contributed by atoms with E-state index in [0.29, 0.717) is 11.7 Å². The van der Waals surface area contributed by atoms with Crippen LogP contribution in [0.4, 0.5) is 0 Å². The summed E-state index contributed by atoms with van der Waals surface area (Å²) in [5, 5.41) is 7.41. The number of carbonyl (C=O) groups is 1. The van der Waals surface area contributed by atoms with Crippen LogP contribution in [-0.2, 0) is 6.42 Å². The minimum Gasteiger partial charge on any atom is -0.346 e. The number of hydrogen-bond acceptors (Lipinski definition) is 3. The lowest BCUT2D eigenvalue weighted by Gasteiger charge is -2.27. The second kappa shape index (κ2) is 5.25. The number of amides is 1. The monoisotopic (exact) mass is 296 g/mol. The van der Waals surface area contributed by atoms with Crippen molar-refractivity contribution >= 4 is 5.91 Å². The van der Waals surface area contributed by atoms with Crippen molar-refractivity contribution in [1.29, 1.82) is 0 Å². The minimum atomic E-state index is -0.139. The van der Waals surface area contributed by atoms with Gasteiger partial charge in [0.25, 0.3) is 5.91 Å². The van der Waals surface area contributed by atoms with E-state index in [9.17, 15) is 4.79 Å². The van der Waals surface area contributed by atoms with Crippen LogP contribution in [0.15, 0.2) is 36.5 Å². The van der Waals surface area contributed by atoms with Crippen LogP contribution in [0.25, 0.3) is 0 Å². The minimum absolute atomic E-state index is 0.0466. The predicted molar refractivity (Wildman–Crippen MR) is 83.4 cm³/mol. The molecule has 5 nitrogen and oxygen atoms in total. The molecule has 1 amide bonds. The lowest BCUT2D eigenvalue weighted by atomic mass is 9.93. The van der Waals surface area contributed by atoms with Crippen LogP contribution in [0, 0.1) is 0 Å². The van der Waals surface area contributed by atoms with Crippen molar-refractivity contribution in [2.45, 2.75) is 43.8 Å². The summed E-state index contributed by atoms with van der Waals surface area (Å²) >= 11 is 0. The molecule has 0 spiro atoms. The van der Waals surface area contributed by atoms with Gasteiger partial charge in [-0.1, -0.05) is 24.3 Å². The normalized spacial score (nSPS) is 23.9. The molecule has 22 heavy (non-hydrogen) atoms. The van der Waals surface area contributed by atoms with Gasteiger partial charge in [-0.15, -0.1) is 0 Å². The highest BCUT2D eigenvalue weighted by atomic mass is 16.2. The molecule has 2 aliphatic carbocycles. The molecule has 4 rings (SSSR count). The van der Waals surface area contributed by atoms with Crippen LogP contribution >= 0.6 is 0 Å². The summed E-state index contributed by atoms with van der Waals surface area (Å²) in [4.78, 5) is 12.6. The van der Waals surface area contributed by atoms with E-state index in [2.05, 4.69) is 16.5 Å². The molecule has 0 aliphatic heterocycles. The summed E-state index contributed by atoms with van der Waals surface area (Å²) in [7, 11) is 0. The number of carbonyl (C=O) groups excluding carboxylic acids is 1. The van der Waals surface area contributed by atoms with Gasteiger partial charge in [-0.25, -0.2) is 0 Å². The predicted octanol–water partition coefficient (Wildman–Crippen LogP) is 1.96. The number of fused-ring (bicyclic) bond motifs is 1. The highest BCUT2D eigenvalue weighted by molar-refractivity contribution is 5.92. The number of benzene rings is 1. The van der Waals surface area contributed by atoms with Crippen LogP contribution in [0.1, 0.15) is 53.0 Å². The second-order valence-electron chi connectivity index (χ2n) is 6.25. The van der Waals surface area contributed by atoms with Crippen molar-refractivity contribution in [3.8, 4) is 0 Å². The van der Waals surface area contributed by atoms with Crippen molar-refractivity contribution < 1.29 is 4.79 Å². The van der Waals surface area contributed by atoms with Gasteiger partial charge in [-0.3, -0.25) is 9.48 Å². The standard InChI is InChI=1S/C17H20N4O/c18-16-13-7-2-1-4-11(13)10-14(16)20-17(22)15-8-9-19-21(15)12-5-3-6-12/h1-2,4,7-9,12,14,16H,3,5-6,10,18H2,(H,20,22)/t14-,16-/m1/s1. The molecule has 1 aromatic carbocycles. The first-order chi connectivity index (χ1) is 10.7. The van der Waals surface area contributed by atoms with Gasteiger partial charge in [-0.05, 0) is 42.9 Å². The summed E-state index contributed by atoms with van der Waals surface area (Å²) in [5.74, 6) is -0.0716. The van der Waals surface area contributed by atoms with Gasteiger partial charge in [0.1, 0.15) is 5.69 Å². The van der Waals surface area contributed by atoms with Crippen molar-refractivity contribution in [1.82, 2.24) is 15.1 Å². The highest BCUT2D eigenvalue weighted by Crippen LogP contribution is 2.32. The van der Waals surface area contributed by atoms with E-state index in [-0.39, 0.29) is 18.0 Å². The van der Waals surface area contributed by atoms with Crippen molar-refractivity contribution in [3.05, 3.63) is 53.3 Å². The average molecular weight is 296 g/mol. The van der Waals surface area contributed by atoms with E-state index in [1.165, 1.54) is 12.0 Å². The number of aromatic nitrogens is 2. The molecule has 114 valence electrons. The lowest BCUT2D eigenvalue weighted by molar-refractivity contribution is 0.0915. The third-order valence-corrected chi connectivity index (χ3v) is 4.93. The zero-order valence-electron chi connectivity index (χ0n) is 12.4.